The molecule has 1 heterocycles. The molecule has 0 unspecified atom stereocenters. The van der Waals surface area contributed by atoms with E-state index in [9.17, 15) is 10.1 Å². The Hall–Kier alpha value is -0.820. The monoisotopic (exact) mass is 529 g/mol. The topological polar surface area (TPSA) is 50.1 Å². The normalized spacial score (nSPS) is 50.9. The first-order valence-corrected chi connectivity index (χ1v) is 14.9. The molecule has 188 valence electrons. The number of halogens is 1. The number of esters is 1. The summed E-state index contributed by atoms with van der Waals surface area (Å²) in [4.78, 5) is 13.3. The van der Waals surface area contributed by atoms with Crippen molar-refractivity contribution in [1.29, 1.82) is 5.26 Å². The molecule has 0 N–H and O–H groups in total. The van der Waals surface area contributed by atoms with Gasteiger partial charge in [-0.3, -0.25) is 4.79 Å². The molecule has 0 aromatic carbocycles. The van der Waals surface area contributed by atoms with Gasteiger partial charge in [-0.25, -0.2) is 0 Å². The predicted octanol–water partition coefficient (Wildman–Crippen LogP) is 7.84. The van der Waals surface area contributed by atoms with Crippen molar-refractivity contribution in [2.75, 3.05) is 5.33 Å². The van der Waals surface area contributed by atoms with Crippen molar-refractivity contribution in [2.24, 2.45) is 50.7 Å². The van der Waals surface area contributed by atoms with E-state index in [1.54, 1.807) is 0 Å². The maximum atomic E-state index is 13.3. The molecule has 0 amide bonds. The summed E-state index contributed by atoms with van der Waals surface area (Å²) in [5.41, 5.74) is 1.69. The third kappa shape index (κ3) is 2.95. The van der Waals surface area contributed by atoms with Gasteiger partial charge in [0.25, 0.3) is 0 Å². The van der Waals surface area contributed by atoms with E-state index in [4.69, 9.17) is 4.74 Å². The maximum absolute atomic E-state index is 13.3. The van der Waals surface area contributed by atoms with Crippen LogP contribution in [0.25, 0.3) is 0 Å². The average molecular weight is 531 g/mol. The lowest BCUT2D eigenvalue weighted by atomic mass is 9.33. The molecule has 0 aromatic rings. The summed E-state index contributed by atoms with van der Waals surface area (Å²) in [6, 6.07) is 2.47. The minimum Gasteiger partial charge on any atom is -0.461 e. The first-order valence-electron chi connectivity index (χ1n) is 13.7. The van der Waals surface area contributed by atoms with Crippen LogP contribution in [0.1, 0.15) is 98.8 Å². The van der Waals surface area contributed by atoms with Gasteiger partial charge >= 0.3 is 5.97 Å². The van der Waals surface area contributed by atoms with Crippen LogP contribution in [0.5, 0.6) is 0 Å². The fourth-order valence-corrected chi connectivity index (χ4v) is 11.0. The number of carbonyl (C=O) groups excluding carboxylic acids is 1. The first-order chi connectivity index (χ1) is 15.9. The van der Waals surface area contributed by atoms with Crippen LogP contribution in [0.2, 0.25) is 0 Å². The Labute approximate surface area is 215 Å². The van der Waals surface area contributed by atoms with Crippen molar-refractivity contribution in [3.05, 3.63) is 12.2 Å². The van der Waals surface area contributed by atoms with Crippen LogP contribution in [0.3, 0.4) is 0 Å². The SMILES string of the molecule is C=C(CBr)[C@@H]1CC[C@]2(C)[C@H](CC[C@@H]3[C@@H]4[C@H]5OC(=O)[C@@]4(CCC5(C)C)CC[C@]32C)[C@@]1(C)CCC#N. The second-order valence-electron chi connectivity index (χ2n) is 14.1. The molecule has 3 nitrogen and oxygen atoms in total. The van der Waals surface area contributed by atoms with Gasteiger partial charge in [0.1, 0.15) is 6.10 Å². The van der Waals surface area contributed by atoms with Crippen molar-refractivity contribution in [3.63, 3.8) is 0 Å². The summed E-state index contributed by atoms with van der Waals surface area (Å²) in [5.74, 6) is 2.11. The molecule has 0 radical (unpaired) electrons. The van der Waals surface area contributed by atoms with Gasteiger partial charge < -0.3 is 4.74 Å². The lowest BCUT2D eigenvalue weighted by Gasteiger charge is -2.71. The molecular formula is C30H44BrNO2. The molecular weight excluding hydrogens is 486 g/mol. The van der Waals surface area contributed by atoms with Crippen LogP contribution >= 0.6 is 15.9 Å². The van der Waals surface area contributed by atoms with Crippen molar-refractivity contribution >= 4 is 21.9 Å². The Morgan fingerprint density at radius 1 is 1.06 bits per heavy atom. The molecule has 4 heteroatoms. The van der Waals surface area contributed by atoms with Crippen LogP contribution in [0.15, 0.2) is 12.2 Å². The number of hydrogen-bond acceptors (Lipinski definition) is 3. The number of fused-ring (bicyclic) bond motifs is 3. The van der Waals surface area contributed by atoms with Gasteiger partial charge in [0, 0.05) is 23.1 Å². The second kappa shape index (κ2) is 7.84. The van der Waals surface area contributed by atoms with Gasteiger partial charge in [0.05, 0.1) is 11.5 Å². The lowest BCUT2D eigenvalue weighted by Crippen LogP contribution is -2.66. The van der Waals surface area contributed by atoms with E-state index < -0.39 is 0 Å². The summed E-state index contributed by atoms with van der Waals surface area (Å²) in [7, 11) is 0. The fraction of sp³-hybridized carbons (Fsp3) is 0.867. The number of carbonyl (C=O) groups is 1. The second-order valence-corrected chi connectivity index (χ2v) is 14.7. The summed E-state index contributed by atoms with van der Waals surface area (Å²) < 4.78 is 6.27. The molecule has 2 bridgehead atoms. The van der Waals surface area contributed by atoms with Gasteiger partial charge in [-0.2, -0.15) is 5.26 Å². The van der Waals surface area contributed by atoms with Crippen molar-refractivity contribution in [2.45, 2.75) is 105 Å². The van der Waals surface area contributed by atoms with Gasteiger partial charge in [-0.1, -0.05) is 62.7 Å². The summed E-state index contributed by atoms with van der Waals surface area (Å²) in [6.45, 7) is 16.8. The molecule has 0 aromatic heterocycles. The van der Waals surface area contributed by atoms with Crippen molar-refractivity contribution < 1.29 is 9.53 Å². The Balaban J connectivity index is 1.56. The summed E-state index contributed by atoms with van der Waals surface area (Å²) >= 11 is 3.70. The zero-order valence-electron chi connectivity index (χ0n) is 22.0. The van der Waals surface area contributed by atoms with Crippen LogP contribution in [0.4, 0.5) is 0 Å². The molecule has 0 spiro atoms. The van der Waals surface area contributed by atoms with E-state index in [2.05, 4.69) is 63.2 Å². The van der Waals surface area contributed by atoms with E-state index in [1.165, 1.54) is 31.3 Å². The van der Waals surface area contributed by atoms with Gasteiger partial charge in [-0.05, 0) is 91.8 Å². The van der Waals surface area contributed by atoms with Gasteiger partial charge in [0.2, 0.25) is 0 Å². The number of alkyl halides is 1. The first kappa shape index (κ1) is 24.9. The molecule has 5 aliphatic rings. The highest BCUT2D eigenvalue weighted by molar-refractivity contribution is 9.09. The Kier molecular flexibility index (Phi) is 5.73. The lowest BCUT2D eigenvalue weighted by molar-refractivity contribution is -0.224. The number of nitrogens with zero attached hydrogens (tertiary/aromatic N) is 1. The van der Waals surface area contributed by atoms with E-state index in [1.807, 2.05) is 0 Å². The number of ether oxygens (including phenoxy) is 1. The Morgan fingerprint density at radius 3 is 2.44 bits per heavy atom. The number of hydrogen-bond donors (Lipinski definition) is 0. The third-order valence-electron chi connectivity index (χ3n) is 12.8. The van der Waals surface area contributed by atoms with E-state index in [-0.39, 0.29) is 39.1 Å². The largest absolute Gasteiger partial charge is 0.461 e. The third-order valence-corrected chi connectivity index (χ3v) is 13.5. The minimum absolute atomic E-state index is 0.0723. The highest BCUT2D eigenvalue weighted by atomic mass is 79.9. The number of nitriles is 1. The van der Waals surface area contributed by atoms with Gasteiger partial charge in [0.15, 0.2) is 0 Å². The molecule has 5 rings (SSSR count). The molecule has 4 saturated carbocycles. The summed E-state index contributed by atoms with van der Waals surface area (Å²) in [6.07, 6.45) is 10.7. The zero-order chi connectivity index (χ0) is 24.7. The van der Waals surface area contributed by atoms with E-state index >= 15 is 0 Å². The predicted molar refractivity (Wildman–Crippen MR) is 139 cm³/mol. The van der Waals surface area contributed by atoms with Crippen molar-refractivity contribution in [3.8, 4) is 6.07 Å². The highest BCUT2D eigenvalue weighted by Gasteiger charge is 2.74. The zero-order valence-corrected chi connectivity index (χ0v) is 23.6. The number of rotatable bonds is 4. The minimum atomic E-state index is -0.223. The van der Waals surface area contributed by atoms with Crippen LogP contribution in [-0.4, -0.2) is 17.4 Å². The molecule has 5 fully saturated rings. The average Bonchev–Trinajstić information content (AvgIpc) is 3.05. The highest BCUT2D eigenvalue weighted by Crippen LogP contribution is 2.77. The molecule has 34 heavy (non-hydrogen) atoms. The molecule has 1 saturated heterocycles. The summed E-state index contributed by atoms with van der Waals surface area (Å²) in [5, 5.41) is 10.4. The molecule has 1 aliphatic heterocycles. The van der Waals surface area contributed by atoms with Crippen LogP contribution in [0, 0.1) is 62.1 Å². The molecule has 4 aliphatic carbocycles. The fourth-order valence-electron chi connectivity index (χ4n) is 10.6. The van der Waals surface area contributed by atoms with E-state index in [0.29, 0.717) is 30.1 Å². The van der Waals surface area contributed by atoms with E-state index in [0.717, 1.165) is 37.4 Å². The van der Waals surface area contributed by atoms with Crippen LogP contribution in [-0.2, 0) is 9.53 Å². The quantitative estimate of drug-likeness (QED) is 0.211. The van der Waals surface area contributed by atoms with Crippen LogP contribution < -0.4 is 0 Å². The van der Waals surface area contributed by atoms with Crippen molar-refractivity contribution in [1.82, 2.24) is 0 Å². The standard InChI is InChI=1S/C30H44BrNO2/c1-19(18-31)20-10-12-29(6)22(27(20,4)11-7-17-32)9-8-21-23-24-26(2,3)13-15-30(23,25(33)34-24)16-14-28(21,29)5/h20-24H,1,7-16,18H2,2-6H3/t20-,21+,22+,23+,24+,27-,28+,29+,30-/m0/s1. The Bertz CT molecular complexity index is 937. The number of allylic oxidation sites excluding steroid dienone is 1. The maximum Gasteiger partial charge on any atom is 0.312 e. The Morgan fingerprint density at radius 2 is 1.76 bits per heavy atom. The van der Waals surface area contributed by atoms with Gasteiger partial charge in [-0.15, -0.1) is 0 Å². The molecule has 9 atom stereocenters. The smallest absolute Gasteiger partial charge is 0.312 e.